The van der Waals surface area contributed by atoms with Crippen LogP contribution in [0.4, 0.5) is 0 Å². The summed E-state index contributed by atoms with van der Waals surface area (Å²) in [5, 5.41) is 9.58. The van der Waals surface area contributed by atoms with Crippen molar-refractivity contribution in [2.24, 2.45) is 11.8 Å². The quantitative estimate of drug-likeness (QED) is 0.622. The number of rotatable bonds is 6. The van der Waals surface area contributed by atoms with Crippen LogP contribution in [0.2, 0.25) is 0 Å². The lowest BCUT2D eigenvalue weighted by molar-refractivity contribution is -0.114. The molecule has 0 saturated heterocycles. The molecule has 1 N–H and O–H groups in total. The van der Waals surface area contributed by atoms with Gasteiger partial charge in [0.1, 0.15) is 6.29 Å². The molecule has 0 radical (unpaired) electrons. The van der Waals surface area contributed by atoms with Gasteiger partial charge in [0.2, 0.25) is 0 Å². The standard InChI is InChI=1S/C10H20O2/c1-4-5-6-8(2)10(12)9(3)7-11/h7-10,12H,4-6H2,1-3H3. The number of hydrogen-bond donors (Lipinski definition) is 1. The zero-order chi connectivity index (χ0) is 9.56. The second-order valence-electron chi connectivity index (χ2n) is 3.61. The monoisotopic (exact) mass is 172 g/mol. The summed E-state index contributed by atoms with van der Waals surface area (Å²) in [5.74, 6) is 0.0157. The Kier molecular flexibility index (Phi) is 5.99. The maximum Gasteiger partial charge on any atom is 0.125 e. The largest absolute Gasteiger partial charge is 0.392 e. The SMILES string of the molecule is CCCCC(C)C(O)C(C)C=O. The minimum Gasteiger partial charge on any atom is -0.392 e. The van der Waals surface area contributed by atoms with Gasteiger partial charge in [-0.2, -0.15) is 0 Å². The van der Waals surface area contributed by atoms with Crippen molar-refractivity contribution in [3.05, 3.63) is 0 Å². The topological polar surface area (TPSA) is 37.3 Å². The molecule has 0 aliphatic carbocycles. The van der Waals surface area contributed by atoms with Crippen molar-refractivity contribution in [1.82, 2.24) is 0 Å². The van der Waals surface area contributed by atoms with Crippen molar-refractivity contribution in [2.45, 2.75) is 46.1 Å². The maximum absolute atomic E-state index is 10.4. The molecule has 0 fully saturated rings. The number of hydrogen-bond acceptors (Lipinski definition) is 2. The third-order valence-corrected chi connectivity index (χ3v) is 2.35. The molecule has 2 heteroatoms. The van der Waals surface area contributed by atoms with E-state index in [9.17, 15) is 9.90 Å². The van der Waals surface area contributed by atoms with Crippen molar-refractivity contribution >= 4 is 6.29 Å². The minimum absolute atomic E-state index is 0.225. The van der Waals surface area contributed by atoms with Crippen molar-refractivity contribution in [3.8, 4) is 0 Å². The molecule has 3 atom stereocenters. The summed E-state index contributed by atoms with van der Waals surface area (Å²) in [4.78, 5) is 10.4. The van der Waals surface area contributed by atoms with Crippen molar-refractivity contribution < 1.29 is 9.90 Å². The van der Waals surface area contributed by atoms with Crippen LogP contribution in [0, 0.1) is 11.8 Å². The predicted molar refractivity (Wildman–Crippen MR) is 49.9 cm³/mol. The minimum atomic E-state index is -0.464. The Morgan fingerprint density at radius 3 is 2.42 bits per heavy atom. The number of aliphatic hydroxyl groups excluding tert-OH is 1. The molecule has 12 heavy (non-hydrogen) atoms. The van der Waals surface area contributed by atoms with Crippen LogP contribution in [0.5, 0.6) is 0 Å². The van der Waals surface area contributed by atoms with Crippen LogP contribution in [0.25, 0.3) is 0 Å². The van der Waals surface area contributed by atoms with E-state index in [1.54, 1.807) is 6.92 Å². The van der Waals surface area contributed by atoms with Crippen LogP contribution < -0.4 is 0 Å². The Bertz CT molecular complexity index is 123. The average molecular weight is 172 g/mol. The molecule has 0 aromatic carbocycles. The third kappa shape index (κ3) is 3.86. The fourth-order valence-corrected chi connectivity index (χ4v) is 1.30. The van der Waals surface area contributed by atoms with E-state index in [4.69, 9.17) is 0 Å². The Labute approximate surface area is 75.0 Å². The molecule has 0 rings (SSSR count). The highest BCUT2D eigenvalue weighted by Crippen LogP contribution is 2.17. The Hall–Kier alpha value is -0.370. The zero-order valence-electron chi connectivity index (χ0n) is 8.29. The lowest BCUT2D eigenvalue weighted by Crippen LogP contribution is -2.26. The van der Waals surface area contributed by atoms with E-state index in [-0.39, 0.29) is 11.8 Å². The molecule has 0 aliphatic rings. The van der Waals surface area contributed by atoms with Crippen LogP contribution in [0.15, 0.2) is 0 Å². The first-order valence-corrected chi connectivity index (χ1v) is 4.76. The van der Waals surface area contributed by atoms with Gasteiger partial charge in [0, 0.05) is 5.92 Å². The second-order valence-corrected chi connectivity index (χ2v) is 3.61. The Balaban J connectivity index is 3.74. The number of aldehydes is 1. The van der Waals surface area contributed by atoms with Crippen molar-refractivity contribution in [3.63, 3.8) is 0 Å². The second kappa shape index (κ2) is 6.18. The van der Waals surface area contributed by atoms with Gasteiger partial charge in [-0.3, -0.25) is 0 Å². The van der Waals surface area contributed by atoms with E-state index < -0.39 is 6.10 Å². The Morgan fingerprint density at radius 1 is 1.42 bits per heavy atom. The molecule has 0 saturated carbocycles. The first-order chi connectivity index (χ1) is 5.63. The van der Waals surface area contributed by atoms with Crippen LogP contribution in [0.3, 0.4) is 0 Å². The summed E-state index contributed by atoms with van der Waals surface area (Å²) in [5.41, 5.74) is 0. The molecule has 2 nitrogen and oxygen atoms in total. The van der Waals surface area contributed by atoms with Gasteiger partial charge in [-0.15, -0.1) is 0 Å². The lowest BCUT2D eigenvalue weighted by atomic mass is 9.90. The molecule has 0 spiro atoms. The van der Waals surface area contributed by atoms with E-state index in [1.165, 1.54) is 0 Å². The number of aliphatic hydroxyl groups is 1. The van der Waals surface area contributed by atoms with Gasteiger partial charge in [-0.1, -0.05) is 33.6 Å². The van der Waals surface area contributed by atoms with Crippen molar-refractivity contribution in [2.75, 3.05) is 0 Å². The Morgan fingerprint density at radius 2 is 2.00 bits per heavy atom. The number of carbonyl (C=O) groups is 1. The molecular formula is C10H20O2. The fraction of sp³-hybridized carbons (Fsp3) is 0.900. The maximum atomic E-state index is 10.4. The number of carbonyl (C=O) groups excluding carboxylic acids is 1. The van der Waals surface area contributed by atoms with Gasteiger partial charge in [-0.05, 0) is 12.3 Å². The van der Waals surface area contributed by atoms with Gasteiger partial charge < -0.3 is 9.90 Å². The summed E-state index contributed by atoms with van der Waals surface area (Å²) < 4.78 is 0. The van der Waals surface area contributed by atoms with E-state index in [2.05, 4.69) is 6.92 Å². The molecular weight excluding hydrogens is 152 g/mol. The molecule has 72 valence electrons. The smallest absolute Gasteiger partial charge is 0.125 e. The molecule has 0 amide bonds. The molecule has 0 aliphatic heterocycles. The zero-order valence-corrected chi connectivity index (χ0v) is 8.29. The van der Waals surface area contributed by atoms with Crippen LogP contribution in [-0.2, 0) is 4.79 Å². The summed E-state index contributed by atoms with van der Waals surface area (Å²) >= 11 is 0. The molecule has 3 unspecified atom stereocenters. The highest BCUT2D eigenvalue weighted by molar-refractivity contribution is 5.53. The van der Waals surface area contributed by atoms with Crippen molar-refractivity contribution in [1.29, 1.82) is 0 Å². The lowest BCUT2D eigenvalue weighted by Gasteiger charge is -2.20. The fourth-order valence-electron chi connectivity index (χ4n) is 1.30. The molecule has 0 heterocycles. The van der Waals surface area contributed by atoms with E-state index in [0.29, 0.717) is 0 Å². The summed E-state index contributed by atoms with van der Waals surface area (Å²) in [6, 6.07) is 0. The highest BCUT2D eigenvalue weighted by atomic mass is 16.3. The van der Waals surface area contributed by atoms with E-state index in [0.717, 1.165) is 25.5 Å². The average Bonchev–Trinajstić information content (AvgIpc) is 2.11. The van der Waals surface area contributed by atoms with E-state index >= 15 is 0 Å². The predicted octanol–water partition coefficient (Wildman–Crippen LogP) is 2.01. The molecule has 0 aromatic heterocycles. The van der Waals surface area contributed by atoms with Crippen LogP contribution >= 0.6 is 0 Å². The normalized spacial score (nSPS) is 18.3. The van der Waals surface area contributed by atoms with E-state index in [1.807, 2.05) is 6.92 Å². The van der Waals surface area contributed by atoms with Gasteiger partial charge in [0.25, 0.3) is 0 Å². The van der Waals surface area contributed by atoms with Gasteiger partial charge in [-0.25, -0.2) is 0 Å². The van der Waals surface area contributed by atoms with Crippen LogP contribution in [-0.4, -0.2) is 17.5 Å². The first kappa shape index (κ1) is 11.6. The summed E-state index contributed by atoms with van der Waals surface area (Å²) in [6.45, 7) is 5.89. The van der Waals surface area contributed by atoms with Gasteiger partial charge in [0.15, 0.2) is 0 Å². The summed E-state index contributed by atoms with van der Waals surface area (Å²) in [6.07, 6.45) is 3.65. The molecule has 0 bridgehead atoms. The highest BCUT2D eigenvalue weighted by Gasteiger charge is 2.19. The first-order valence-electron chi connectivity index (χ1n) is 4.76. The van der Waals surface area contributed by atoms with Crippen LogP contribution in [0.1, 0.15) is 40.0 Å². The third-order valence-electron chi connectivity index (χ3n) is 2.35. The number of unbranched alkanes of at least 4 members (excludes halogenated alkanes) is 1. The summed E-state index contributed by atoms with van der Waals surface area (Å²) in [7, 11) is 0. The van der Waals surface area contributed by atoms with Gasteiger partial charge >= 0.3 is 0 Å². The van der Waals surface area contributed by atoms with Gasteiger partial charge in [0.05, 0.1) is 6.10 Å². The molecule has 0 aromatic rings.